The van der Waals surface area contributed by atoms with Gasteiger partial charge in [0.15, 0.2) is 10.4 Å². The van der Waals surface area contributed by atoms with Crippen LogP contribution in [0.1, 0.15) is 29.8 Å². The molecule has 2 fully saturated rings. The zero-order valence-corrected chi connectivity index (χ0v) is 15.5. The molecule has 1 aromatic heterocycles. The minimum absolute atomic E-state index is 0.0189. The fourth-order valence-electron chi connectivity index (χ4n) is 3.31. The van der Waals surface area contributed by atoms with Crippen LogP contribution >= 0.6 is 15.9 Å². The summed E-state index contributed by atoms with van der Waals surface area (Å²) in [6.07, 6.45) is 2.75. The van der Waals surface area contributed by atoms with Gasteiger partial charge in [-0.3, -0.25) is 9.69 Å². The third-order valence-corrected chi connectivity index (χ3v) is 5.08. The Balaban J connectivity index is 1.59. The Bertz CT molecular complexity index is 524. The molecule has 0 aliphatic carbocycles. The molecule has 0 unspecified atom stereocenters. The van der Waals surface area contributed by atoms with Crippen molar-refractivity contribution in [1.29, 1.82) is 0 Å². The van der Waals surface area contributed by atoms with Crippen LogP contribution in [0.3, 0.4) is 0 Å². The number of hydrogen-bond donors (Lipinski definition) is 0. The molecule has 7 heteroatoms. The molecule has 0 radical (unpaired) electrons. The van der Waals surface area contributed by atoms with E-state index in [1.165, 1.54) is 0 Å². The second-order valence-electron chi connectivity index (χ2n) is 6.25. The fourth-order valence-corrected chi connectivity index (χ4v) is 3.61. The van der Waals surface area contributed by atoms with Crippen molar-refractivity contribution >= 4 is 21.8 Å². The maximum Gasteiger partial charge on any atom is 0.289 e. The van der Waals surface area contributed by atoms with E-state index in [4.69, 9.17) is 13.9 Å². The first kappa shape index (κ1) is 17.9. The number of carbonyl (C=O) groups excluding carboxylic acids is 1. The van der Waals surface area contributed by atoms with Crippen molar-refractivity contribution < 1.29 is 18.7 Å². The summed E-state index contributed by atoms with van der Waals surface area (Å²) >= 11 is 3.27. The van der Waals surface area contributed by atoms with E-state index in [0.717, 1.165) is 71.9 Å². The number of ether oxygens (including phenoxy) is 2. The van der Waals surface area contributed by atoms with Crippen molar-refractivity contribution in [2.45, 2.75) is 25.3 Å². The smallest absolute Gasteiger partial charge is 0.289 e. The Morgan fingerprint density at radius 1 is 1.17 bits per heavy atom. The van der Waals surface area contributed by atoms with Crippen molar-refractivity contribution in [2.24, 2.45) is 0 Å². The van der Waals surface area contributed by atoms with Crippen molar-refractivity contribution in [1.82, 2.24) is 9.80 Å². The van der Waals surface area contributed by atoms with Gasteiger partial charge in [-0.15, -0.1) is 0 Å². The summed E-state index contributed by atoms with van der Waals surface area (Å²) in [4.78, 5) is 17.3. The summed E-state index contributed by atoms with van der Waals surface area (Å²) in [5.41, 5.74) is 0. The molecule has 1 amide bonds. The van der Waals surface area contributed by atoms with Crippen LogP contribution in [-0.4, -0.2) is 74.4 Å². The molecule has 2 aliphatic rings. The molecule has 2 saturated heterocycles. The molecule has 24 heavy (non-hydrogen) atoms. The minimum Gasteiger partial charge on any atom is -0.444 e. The highest BCUT2D eigenvalue weighted by Crippen LogP contribution is 2.21. The average molecular weight is 401 g/mol. The minimum atomic E-state index is -0.0189. The first-order chi connectivity index (χ1) is 11.7. The van der Waals surface area contributed by atoms with E-state index in [1.54, 1.807) is 12.1 Å². The first-order valence-corrected chi connectivity index (χ1v) is 9.47. The molecule has 2 aliphatic heterocycles. The lowest BCUT2D eigenvalue weighted by atomic mass is 10.1. The number of hydrogen-bond acceptors (Lipinski definition) is 5. The van der Waals surface area contributed by atoms with E-state index >= 15 is 0 Å². The molecule has 0 bridgehead atoms. The van der Waals surface area contributed by atoms with Gasteiger partial charge < -0.3 is 18.8 Å². The average Bonchev–Trinajstić information content (AvgIpc) is 3.06. The normalized spacial score (nSPS) is 20.2. The monoisotopic (exact) mass is 400 g/mol. The van der Waals surface area contributed by atoms with E-state index < -0.39 is 0 Å². The lowest BCUT2D eigenvalue weighted by Gasteiger charge is -2.34. The van der Waals surface area contributed by atoms with Gasteiger partial charge in [0.1, 0.15) is 0 Å². The SMILES string of the molecule is O=C(c1ccc(Br)o1)N(CCCN1CCOCC1)C1CCOCC1. The number of rotatable bonds is 6. The Labute approximate surface area is 151 Å². The fraction of sp³-hybridized carbons (Fsp3) is 0.706. The van der Waals surface area contributed by atoms with Gasteiger partial charge in [0.25, 0.3) is 5.91 Å². The predicted octanol–water partition coefficient (Wildman–Crippen LogP) is 2.39. The quantitative estimate of drug-likeness (QED) is 0.733. The molecule has 0 aromatic carbocycles. The summed E-state index contributed by atoms with van der Waals surface area (Å²) in [6, 6.07) is 3.74. The van der Waals surface area contributed by atoms with Gasteiger partial charge in [-0.2, -0.15) is 0 Å². The van der Waals surface area contributed by atoms with Crippen LogP contribution in [0.25, 0.3) is 0 Å². The number of nitrogens with zero attached hydrogens (tertiary/aromatic N) is 2. The van der Waals surface area contributed by atoms with Gasteiger partial charge in [0.2, 0.25) is 0 Å². The Morgan fingerprint density at radius 3 is 2.54 bits per heavy atom. The second-order valence-corrected chi connectivity index (χ2v) is 7.03. The third kappa shape index (κ3) is 4.81. The van der Waals surface area contributed by atoms with Crippen LogP contribution in [-0.2, 0) is 9.47 Å². The maximum absolute atomic E-state index is 12.9. The summed E-state index contributed by atoms with van der Waals surface area (Å²) in [5.74, 6) is 0.384. The van der Waals surface area contributed by atoms with Crippen LogP contribution in [0.2, 0.25) is 0 Å². The standard InChI is InChI=1S/C17H25BrN2O4/c18-16-3-2-15(24-16)17(21)20(14-4-10-22-11-5-14)7-1-6-19-8-12-23-13-9-19/h2-3,14H,1,4-13H2. The molecule has 6 nitrogen and oxygen atoms in total. The summed E-state index contributed by atoms with van der Waals surface area (Å²) < 4.78 is 16.9. The topological polar surface area (TPSA) is 55.2 Å². The highest BCUT2D eigenvalue weighted by atomic mass is 79.9. The van der Waals surface area contributed by atoms with Crippen LogP contribution in [0.5, 0.6) is 0 Å². The first-order valence-electron chi connectivity index (χ1n) is 8.68. The van der Waals surface area contributed by atoms with Crippen molar-refractivity contribution in [3.8, 4) is 0 Å². The van der Waals surface area contributed by atoms with E-state index in [-0.39, 0.29) is 11.9 Å². The largest absolute Gasteiger partial charge is 0.444 e. The Kier molecular flexibility index (Phi) is 6.71. The van der Waals surface area contributed by atoms with E-state index in [9.17, 15) is 4.79 Å². The Hall–Kier alpha value is -0.890. The summed E-state index contributed by atoms with van der Waals surface area (Å²) in [7, 11) is 0. The molecular formula is C17H25BrN2O4. The molecule has 3 rings (SSSR count). The number of morpholine rings is 1. The number of halogens is 1. The zero-order valence-electron chi connectivity index (χ0n) is 13.9. The number of furan rings is 1. The van der Waals surface area contributed by atoms with Crippen LogP contribution in [0.4, 0.5) is 0 Å². The lowest BCUT2D eigenvalue weighted by Crippen LogP contribution is -2.45. The number of carbonyl (C=O) groups is 1. The second kappa shape index (κ2) is 8.99. The highest BCUT2D eigenvalue weighted by Gasteiger charge is 2.28. The number of amides is 1. The molecule has 0 saturated carbocycles. The van der Waals surface area contributed by atoms with Gasteiger partial charge in [0, 0.05) is 45.4 Å². The molecule has 134 valence electrons. The van der Waals surface area contributed by atoms with Gasteiger partial charge in [-0.05, 0) is 47.3 Å². The predicted molar refractivity (Wildman–Crippen MR) is 93.2 cm³/mol. The summed E-state index contributed by atoms with van der Waals surface area (Å²) in [5, 5.41) is 0. The third-order valence-electron chi connectivity index (χ3n) is 4.65. The van der Waals surface area contributed by atoms with Gasteiger partial charge in [-0.1, -0.05) is 0 Å². The highest BCUT2D eigenvalue weighted by molar-refractivity contribution is 9.10. The summed E-state index contributed by atoms with van der Waals surface area (Å²) in [6.45, 7) is 6.77. The zero-order chi connectivity index (χ0) is 16.8. The van der Waals surface area contributed by atoms with Gasteiger partial charge in [0.05, 0.1) is 13.2 Å². The lowest BCUT2D eigenvalue weighted by molar-refractivity contribution is 0.0209. The maximum atomic E-state index is 12.9. The van der Waals surface area contributed by atoms with Gasteiger partial charge in [-0.25, -0.2) is 0 Å². The van der Waals surface area contributed by atoms with Crippen LogP contribution in [0.15, 0.2) is 21.2 Å². The van der Waals surface area contributed by atoms with Crippen molar-refractivity contribution in [2.75, 3.05) is 52.6 Å². The van der Waals surface area contributed by atoms with Gasteiger partial charge >= 0.3 is 0 Å². The Morgan fingerprint density at radius 2 is 1.88 bits per heavy atom. The molecule has 0 N–H and O–H groups in total. The van der Waals surface area contributed by atoms with Crippen molar-refractivity contribution in [3.63, 3.8) is 0 Å². The van der Waals surface area contributed by atoms with Crippen molar-refractivity contribution in [3.05, 3.63) is 22.6 Å². The van der Waals surface area contributed by atoms with E-state index in [0.29, 0.717) is 10.4 Å². The molecule has 0 spiro atoms. The molecular weight excluding hydrogens is 376 g/mol. The van der Waals surface area contributed by atoms with Crippen LogP contribution < -0.4 is 0 Å². The van der Waals surface area contributed by atoms with E-state index in [1.807, 2.05) is 4.90 Å². The molecule has 0 atom stereocenters. The van der Waals surface area contributed by atoms with E-state index in [2.05, 4.69) is 20.8 Å². The van der Waals surface area contributed by atoms with Crippen LogP contribution in [0, 0.1) is 0 Å². The molecule has 1 aromatic rings. The molecule has 3 heterocycles.